The molecule has 3 aliphatic heterocycles. The number of ketones is 1. The molecule has 57 heavy (non-hydrogen) atoms. The third kappa shape index (κ3) is 8.19. The monoisotopic (exact) mass is 814 g/mol. The highest BCUT2D eigenvalue weighted by molar-refractivity contribution is 6.34. The van der Waals surface area contributed by atoms with Gasteiger partial charge in [0.15, 0.2) is 5.79 Å². The minimum atomic E-state index is -0.385. The van der Waals surface area contributed by atoms with Crippen LogP contribution in [0.5, 0.6) is 0 Å². The fourth-order valence-electron chi connectivity index (χ4n) is 7.91. The van der Waals surface area contributed by atoms with E-state index in [-0.39, 0.29) is 29.9 Å². The predicted molar refractivity (Wildman–Crippen MR) is 218 cm³/mol. The number of ether oxygens (including phenoxy) is 2. The van der Waals surface area contributed by atoms with Crippen LogP contribution < -0.4 is 30.2 Å². The number of para-hydroxylation sites is 2. The standard InChI is InChI=1S/C21H24ClN5O3.C19H20ClN5O2/c1-26-18-14(13-27(20(26)28)17-5-3-2-4-16(17)22)12-23-19(25-18)24-15-6-8-21(9-7-15)29-10-11-30-21;1-24-17-12(11-25(19(24)27)16-5-3-2-4-15(16)20)10-21-18(23-17)22-13-6-8-14(26)9-7-13/h2-5,12,15H,6-11,13H2,1H3,(H,23,24,25);2-5,10,13H,6-9,11H2,1H3,(H,21,22,23). The lowest BCUT2D eigenvalue weighted by Crippen LogP contribution is -2.46. The lowest BCUT2D eigenvalue weighted by molar-refractivity contribution is -0.177. The normalized spacial score (nSPS) is 19.6. The molecule has 17 heteroatoms. The van der Waals surface area contributed by atoms with Crippen molar-refractivity contribution in [2.45, 2.75) is 82.3 Å². The molecule has 2 aliphatic carbocycles. The SMILES string of the molecule is CN1C(=O)N(c2ccccc2Cl)Cc2cnc(NC3CCC(=O)CC3)nc21.CN1C(=O)N(c2ccccc2Cl)Cc2cnc(NC3CCC4(CC3)OCCO4)nc21. The van der Waals surface area contributed by atoms with Crippen molar-refractivity contribution in [2.24, 2.45) is 0 Å². The van der Waals surface area contributed by atoms with Gasteiger partial charge in [-0.25, -0.2) is 19.6 Å². The molecule has 5 aliphatic rings. The summed E-state index contributed by atoms with van der Waals surface area (Å²) in [4.78, 5) is 61.6. The quantitative estimate of drug-likeness (QED) is 0.199. The van der Waals surface area contributed by atoms with Gasteiger partial charge in [-0.3, -0.25) is 24.4 Å². The molecule has 0 bridgehead atoms. The maximum Gasteiger partial charge on any atom is 0.330 e. The topological polar surface area (TPSA) is 158 Å². The molecule has 2 N–H and O–H groups in total. The van der Waals surface area contributed by atoms with Crippen LogP contribution in [-0.4, -0.2) is 83.0 Å². The number of benzene rings is 2. The number of carbonyl (C=O) groups is 3. The fourth-order valence-corrected chi connectivity index (χ4v) is 8.39. The third-order valence-corrected chi connectivity index (χ3v) is 11.7. The number of nitrogens with one attached hydrogen (secondary N) is 2. The molecule has 9 rings (SSSR count). The first kappa shape index (κ1) is 38.8. The number of hydrogen-bond acceptors (Lipinski definition) is 11. The smallest absolute Gasteiger partial charge is 0.330 e. The zero-order valence-electron chi connectivity index (χ0n) is 31.8. The van der Waals surface area contributed by atoms with E-state index in [1.807, 2.05) is 36.4 Å². The Bertz CT molecular complexity index is 2150. The summed E-state index contributed by atoms with van der Waals surface area (Å²) >= 11 is 12.6. The number of urea groups is 2. The largest absolute Gasteiger partial charge is 0.351 e. The van der Waals surface area contributed by atoms with Crippen LogP contribution in [0.1, 0.15) is 62.5 Å². The number of rotatable bonds is 6. The van der Waals surface area contributed by atoms with Crippen molar-refractivity contribution in [3.63, 3.8) is 0 Å². The molecule has 2 aromatic carbocycles. The minimum absolute atomic E-state index is 0.171. The van der Waals surface area contributed by atoms with Crippen LogP contribution >= 0.6 is 23.2 Å². The van der Waals surface area contributed by atoms with Crippen LogP contribution in [-0.2, 0) is 27.4 Å². The molecule has 0 unspecified atom stereocenters. The number of halogens is 2. The molecule has 1 saturated heterocycles. The number of fused-ring (bicyclic) bond motifs is 2. The second-order valence-electron chi connectivity index (χ2n) is 14.8. The van der Waals surface area contributed by atoms with Crippen molar-refractivity contribution in [1.82, 2.24) is 19.9 Å². The molecule has 298 valence electrons. The zero-order valence-corrected chi connectivity index (χ0v) is 33.3. The van der Waals surface area contributed by atoms with Crippen molar-refractivity contribution >= 4 is 76.0 Å². The van der Waals surface area contributed by atoms with E-state index in [0.29, 0.717) is 89.9 Å². The minimum Gasteiger partial charge on any atom is -0.351 e. The first-order valence-corrected chi connectivity index (χ1v) is 20.0. The highest BCUT2D eigenvalue weighted by Crippen LogP contribution is 2.38. The first-order chi connectivity index (χ1) is 27.6. The Hall–Kier alpha value is -5.09. The first-order valence-electron chi connectivity index (χ1n) is 19.2. The molecule has 2 aromatic heterocycles. The van der Waals surface area contributed by atoms with Gasteiger partial charge in [0.1, 0.15) is 17.4 Å². The molecule has 4 aromatic rings. The third-order valence-electron chi connectivity index (χ3n) is 11.1. The summed E-state index contributed by atoms with van der Waals surface area (Å²) in [6.45, 7) is 2.10. The number of anilines is 6. The Kier molecular flexibility index (Phi) is 11.2. The summed E-state index contributed by atoms with van der Waals surface area (Å²) in [5, 5.41) is 7.77. The van der Waals surface area contributed by atoms with E-state index < -0.39 is 0 Å². The average Bonchev–Trinajstić information content (AvgIpc) is 3.68. The van der Waals surface area contributed by atoms with E-state index in [0.717, 1.165) is 49.7 Å². The second-order valence-corrected chi connectivity index (χ2v) is 15.6. The maximum atomic E-state index is 13.0. The molecule has 0 atom stereocenters. The lowest BCUT2D eigenvalue weighted by Gasteiger charge is -2.36. The number of nitrogens with zero attached hydrogens (tertiary/aromatic N) is 8. The molecule has 3 fully saturated rings. The molecule has 0 radical (unpaired) electrons. The molecular weight excluding hydrogens is 771 g/mol. The number of aromatic nitrogens is 4. The van der Waals surface area contributed by atoms with Gasteiger partial charge in [0.2, 0.25) is 11.9 Å². The number of hydrogen-bond donors (Lipinski definition) is 2. The Morgan fingerprint density at radius 3 is 1.56 bits per heavy atom. The fraction of sp³-hybridized carbons (Fsp3) is 0.425. The van der Waals surface area contributed by atoms with E-state index in [4.69, 9.17) is 32.7 Å². The molecule has 2 saturated carbocycles. The Balaban J connectivity index is 0.000000161. The van der Waals surface area contributed by atoms with Gasteiger partial charge in [0.05, 0.1) is 47.7 Å². The van der Waals surface area contributed by atoms with Gasteiger partial charge in [-0.05, 0) is 49.9 Å². The van der Waals surface area contributed by atoms with Crippen molar-refractivity contribution in [3.8, 4) is 0 Å². The summed E-state index contributed by atoms with van der Waals surface area (Å²) in [6, 6.07) is 14.7. The van der Waals surface area contributed by atoms with Gasteiger partial charge in [-0.1, -0.05) is 47.5 Å². The average molecular weight is 816 g/mol. The maximum absolute atomic E-state index is 13.0. The number of Topliss-reactive ketones (excluding diaryl/α,β-unsaturated/α-hetero) is 1. The zero-order chi connectivity index (χ0) is 39.7. The number of amides is 4. The second kappa shape index (κ2) is 16.4. The highest BCUT2D eigenvalue weighted by Gasteiger charge is 2.41. The summed E-state index contributed by atoms with van der Waals surface area (Å²) in [5.74, 6) is 2.16. The van der Waals surface area contributed by atoms with Crippen LogP contribution in [0.4, 0.5) is 44.5 Å². The van der Waals surface area contributed by atoms with Gasteiger partial charge in [0, 0.05) is 75.4 Å². The van der Waals surface area contributed by atoms with E-state index in [9.17, 15) is 14.4 Å². The van der Waals surface area contributed by atoms with Gasteiger partial charge in [-0.15, -0.1) is 0 Å². The molecule has 15 nitrogen and oxygen atoms in total. The molecular formula is C40H44Cl2N10O5. The van der Waals surface area contributed by atoms with Gasteiger partial charge in [0.25, 0.3) is 0 Å². The van der Waals surface area contributed by atoms with Crippen molar-refractivity contribution in [2.75, 3.05) is 57.5 Å². The van der Waals surface area contributed by atoms with Crippen LogP contribution in [0.2, 0.25) is 10.0 Å². The van der Waals surface area contributed by atoms with E-state index in [1.54, 1.807) is 53.3 Å². The van der Waals surface area contributed by atoms with E-state index in [1.165, 1.54) is 4.90 Å². The van der Waals surface area contributed by atoms with Gasteiger partial charge in [-0.2, -0.15) is 9.97 Å². The highest BCUT2D eigenvalue weighted by atomic mass is 35.5. The van der Waals surface area contributed by atoms with Crippen molar-refractivity contribution in [1.29, 1.82) is 0 Å². The Morgan fingerprint density at radius 2 is 1.11 bits per heavy atom. The van der Waals surface area contributed by atoms with Crippen LogP contribution in [0.3, 0.4) is 0 Å². The molecule has 5 heterocycles. The van der Waals surface area contributed by atoms with Crippen LogP contribution in [0.25, 0.3) is 0 Å². The summed E-state index contributed by atoms with van der Waals surface area (Å²) in [7, 11) is 3.42. The van der Waals surface area contributed by atoms with Crippen molar-refractivity contribution < 1.29 is 23.9 Å². The van der Waals surface area contributed by atoms with Crippen molar-refractivity contribution in [3.05, 3.63) is 82.1 Å². The summed E-state index contributed by atoms with van der Waals surface area (Å²) in [6.07, 6.45) is 9.85. The van der Waals surface area contributed by atoms with Gasteiger partial charge < -0.3 is 20.1 Å². The summed E-state index contributed by atoms with van der Waals surface area (Å²) in [5.41, 5.74) is 3.06. The van der Waals surface area contributed by atoms with E-state index in [2.05, 4.69) is 30.6 Å². The lowest BCUT2D eigenvalue weighted by atomic mass is 9.90. The van der Waals surface area contributed by atoms with Gasteiger partial charge >= 0.3 is 12.1 Å². The predicted octanol–water partition coefficient (Wildman–Crippen LogP) is 7.43. The molecule has 4 amide bonds. The Morgan fingerprint density at radius 1 is 0.667 bits per heavy atom. The van der Waals surface area contributed by atoms with Crippen LogP contribution in [0.15, 0.2) is 60.9 Å². The Labute approximate surface area is 340 Å². The van der Waals surface area contributed by atoms with Crippen LogP contribution in [0, 0.1) is 0 Å². The molecule has 1 spiro atoms. The number of carbonyl (C=O) groups excluding carboxylic acids is 3. The van der Waals surface area contributed by atoms with E-state index >= 15 is 0 Å². The summed E-state index contributed by atoms with van der Waals surface area (Å²) < 4.78 is 11.6.